The standard InChI is InChI=1S/C15H12O2S/c16-11-14(17-13-7-3-1-4-8-13)12-18-15-9-5-2-6-10-15/h1-12H/b14-12-. The molecule has 0 unspecified atom stereocenters. The summed E-state index contributed by atoms with van der Waals surface area (Å²) in [7, 11) is 0. The summed E-state index contributed by atoms with van der Waals surface area (Å²) in [5, 5.41) is 1.70. The molecule has 2 aromatic rings. The van der Waals surface area contributed by atoms with Gasteiger partial charge in [-0.25, -0.2) is 0 Å². The Hall–Kier alpha value is -2.00. The number of benzene rings is 2. The van der Waals surface area contributed by atoms with E-state index in [4.69, 9.17) is 4.74 Å². The molecule has 0 aliphatic rings. The summed E-state index contributed by atoms with van der Waals surface area (Å²) in [6.07, 6.45) is 0.711. The molecule has 0 aliphatic carbocycles. The van der Waals surface area contributed by atoms with E-state index in [1.807, 2.05) is 60.7 Å². The molecule has 0 heterocycles. The van der Waals surface area contributed by atoms with E-state index in [0.717, 1.165) is 4.90 Å². The molecule has 0 bridgehead atoms. The first kappa shape index (κ1) is 12.5. The van der Waals surface area contributed by atoms with Gasteiger partial charge in [0.15, 0.2) is 12.0 Å². The quantitative estimate of drug-likeness (QED) is 0.351. The zero-order valence-corrected chi connectivity index (χ0v) is 10.5. The fourth-order valence-corrected chi connectivity index (χ4v) is 2.00. The number of carbonyl (C=O) groups is 1. The van der Waals surface area contributed by atoms with Crippen molar-refractivity contribution in [1.29, 1.82) is 0 Å². The van der Waals surface area contributed by atoms with Crippen LogP contribution in [0.4, 0.5) is 0 Å². The van der Waals surface area contributed by atoms with Gasteiger partial charge in [0.25, 0.3) is 0 Å². The van der Waals surface area contributed by atoms with Gasteiger partial charge in [-0.1, -0.05) is 48.2 Å². The van der Waals surface area contributed by atoms with Gasteiger partial charge in [-0.3, -0.25) is 4.79 Å². The first-order chi connectivity index (χ1) is 8.88. The third-order valence-corrected chi connectivity index (χ3v) is 3.04. The molecule has 90 valence electrons. The van der Waals surface area contributed by atoms with Gasteiger partial charge in [0.05, 0.1) is 0 Å². The zero-order chi connectivity index (χ0) is 12.6. The first-order valence-electron chi connectivity index (χ1n) is 5.48. The van der Waals surface area contributed by atoms with Crippen LogP contribution >= 0.6 is 11.8 Å². The molecular weight excluding hydrogens is 244 g/mol. The van der Waals surface area contributed by atoms with Crippen LogP contribution in [0.1, 0.15) is 0 Å². The smallest absolute Gasteiger partial charge is 0.185 e. The van der Waals surface area contributed by atoms with E-state index >= 15 is 0 Å². The Morgan fingerprint density at radius 2 is 1.56 bits per heavy atom. The maximum Gasteiger partial charge on any atom is 0.185 e. The highest BCUT2D eigenvalue weighted by Crippen LogP contribution is 2.21. The lowest BCUT2D eigenvalue weighted by Crippen LogP contribution is -1.95. The predicted molar refractivity (Wildman–Crippen MR) is 73.5 cm³/mol. The van der Waals surface area contributed by atoms with Crippen molar-refractivity contribution >= 4 is 18.0 Å². The molecule has 0 radical (unpaired) electrons. The van der Waals surface area contributed by atoms with Gasteiger partial charge < -0.3 is 4.74 Å². The summed E-state index contributed by atoms with van der Waals surface area (Å²) in [5.41, 5.74) is 0. The number of rotatable bonds is 5. The van der Waals surface area contributed by atoms with Crippen LogP contribution in [-0.4, -0.2) is 6.29 Å². The highest BCUT2D eigenvalue weighted by atomic mass is 32.2. The average Bonchev–Trinajstić information content (AvgIpc) is 2.45. The second-order valence-electron chi connectivity index (χ2n) is 3.48. The van der Waals surface area contributed by atoms with E-state index in [1.54, 1.807) is 5.41 Å². The van der Waals surface area contributed by atoms with Crippen LogP contribution in [-0.2, 0) is 4.79 Å². The maximum atomic E-state index is 10.9. The van der Waals surface area contributed by atoms with Crippen molar-refractivity contribution in [3.8, 4) is 5.75 Å². The molecule has 2 rings (SSSR count). The molecular formula is C15H12O2S. The molecule has 0 spiro atoms. The van der Waals surface area contributed by atoms with Crippen LogP contribution in [0.15, 0.2) is 76.7 Å². The van der Waals surface area contributed by atoms with Crippen LogP contribution in [0, 0.1) is 0 Å². The number of thioether (sulfide) groups is 1. The summed E-state index contributed by atoms with van der Waals surface area (Å²) < 4.78 is 5.46. The fraction of sp³-hybridized carbons (Fsp3) is 0. The number of aldehydes is 1. The fourth-order valence-electron chi connectivity index (χ4n) is 1.33. The van der Waals surface area contributed by atoms with Crippen molar-refractivity contribution in [2.45, 2.75) is 4.90 Å². The third kappa shape index (κ3) is 3.79. The lowest BCUT2D eigenvalue weighted by molar-refractivity contribution is -0.106. The Balaban J connectivity index is 2.03. The van der Waals surface area contributed by atoms with Crippen molar-refractivity contribution < 1.29 is 9.53 Å². The van der Waals surface area contributed by atoms with Crippen LogP contribution < -0.4 is 4.74 Å². The minimum Gasteiger partial charge on any atom is -0.453 e. The summed E-state index contributed by atoms with van der Waals surface area (Å²) in [6, 6.07) is 19.1. The molecule has 2 aromatic carbocycles. The highest BCUT2D eigenvalue weighted by molar-refractivity contribution is 8.02. The Morgan fingerprint density at radius 3 is 2.17 bits per heavy atom. The van der Waals surface area contributed by atoms with E-state index in [1.165, 1.54) is 11.8 Å². The van der Waals surface area contributed by atoms with Gasteiger partial charge in [-0.2, -0.15) is 0 Å². The van der Waals surface area contributed by atoms with Crippen LogP contribution in [0.3, 0.4) is 0 Å². The Bertz CT molecular complexity index is 521. The molecule has 2 nitrogen and oxygen atoms in total. The SMILES string of the molecule is O=C/C(=C/Sc1ccccc1)Oc1ccccc1. The number of ether oxygens (including phenoxy) is 1. The molecule has 0 N–H and O–H groups in total. The number of allylic oxidation sites excluding steroid dienone is 1. The van der Waals surface area contributed by atoms with Crippen molar-refractivity contribution in [2.75, 3.05) is 0 Å². The van der Waals surface area contributed by atoms with E-state index in [9.17, 15) is 4.79 Å². The molecule has 0 aromatic heterocycles. The van der Waals surface area contributed by atoms with E-state index in [0.29, 0.717) is 17.8 Å². The Morgan fingerprint density at radius 1 is 0.944 bits per heavy atom. The summed E-state index contributed by atoms with van der Waals surface area (Å²) >= 11 is 1.45. The zero-order valence-electron chi connectivity index (χ0n) is 9.65. The first-order valence-corrected chi connectivity index (χ1v) is 6.36. The minimum absolute atomic E-state index is 0.301. The van der Waals surface area contributed by atoms with E-state index in [2.05, 4.69) is 0 Å². The van der Waals surface area contributed by atoms with Crippen LogP contribution in [0.5, 0.6) is 5.75 Å². The van der Waals surface area contributed by atoms with Gasteiger partial charge in [-0.15, -0.1) is 0 Å². The lowest BCUT2D eigenvalue weighted by Gasteiger charge is -2.04. The minimum atomic E-state index is 0.301. The van der Waals surface area contributed by atoms with Gasteiger partial charge in [0.1, 0.15) is 5.75 Å². The maximum absolute atomic E-state index is 10.9. The van der Waals surface area contributed by atoms with Gasteiger partial charge in [0, 0.05) is 10.3 Å². The van der Waals surface area contributed by atoms with Crippen LogP contribution in [0.25, 0.3) is 0 Å². The highest BCUT2D eigenvalue weighted by Gasteiger charge is 1.99. The monoisotopic (exact) mass is 256 g/mol. The Kier molecular flexibility index (Phi) is 4.61. The molecule has 0 amide bonds. The molecule has 0 atom stereocenters. The van der Waals surface area contributed by atoms with Gasteiger partial charge in [0.2, 0.25) is 0 Å². The van der Waals surface area contributed by atoms with Crippen molar-refractivity contribution in [2.24, 2.45) is 0 Å². The topological polar surface area (TPSA) is 26.3 Å². The molecule has 3 heteroatoms. The van der Waals surface area contributed by atoms with Crippen LogP contribution in [0.2, 0.25) is 0 Å². The average molecular weight is 256 g/mol. The van der Waals surface area contributed by atoms with Gasteiger partial charge in [-0.05, 0) is 24.3 Å². The van der Waals surface area contributed by atoms with Gasteiger partial charge >= 0.3 is 0 Å². The number of hydrogen-bond donors (Lipinski definition) is 0. The summed E-state index contributed by atoms with van der Waals surface area (Å²) in [5.74, 6) is 0.958. The Labute approximate surface area is 110 Å². The van der Waals surface area contributed by atoms with Crippen molar-refractivity contribution in [1.82, 2.24) is 0 Å². The number of carbonyl (C=O) groups excluding carboxylic acids is 1. The molecule has 0 saturated carbocycles. The molecule has 0 aliphatic heterocycles. The third-order valence-electron chi connectivity index (χ3n) is 2.15. The lowest BCUT2D eigenvalue weighted by atomic mass is 10.3. The number of hydrogen-bond acceptors (Lipinski definition) is 3. The largest absolute Gasteiger partial charge is 0.453 e. The normalized spacial score (nSPS) is 11.0. The molecule has 18 heavy (non-hydrogen) atoms. The molecule has 0 saturated heterocycles. The second kappa shape index (κ2) is 6.67. The summed E-state index contributed by atoms with van der Waals surface area (Å²) in [4.78, 5) is 12.0. The van der Waals surface area contributed by atoms with E-state index in [-0.39, 0.29) is 0 Å². The molecule has 0 fully saturated rings. The predicted octanol–water partition coefficient (Wildman–Crippen LogP) is 3.90. The van der Waals surface area contributed by atoms with Crippen molar-refractivity contribution in [3.05, 3.63) is 71.8 Å². The van der Waals surface area contributed by atoms with E-state index < -0.39 is 0 Å². The number of para-hydroxylation sites is 1. The summed E-state index contributed by atoms with van der Waals surface area (Å²) in [6.45, 7) is 0. The van der Waals surface area contributed by atoms with Crippen molar-refractivity contribution in [3.63, 3.8) is 0 Å². The second-order valence-corrected chi connectivity index (χ2v) is 4.43.